The van der Waals surface area contributed by atoms with Gasteiger partial charge in [-0.05, 0) is 38.7 Å². The molecule has 1 rings (SSSR count). The van der Waals surface area contributed by atoms with Crippen LogP contribution in [0.1, 0.15) is 37.4 Å². The van der Waals surface area contributed by atoms with Crippen LogP contribution in [0.25, 0.3) is 0 Å². The van der Waals surface area contributed by atoms with Crippen LogP contribution in [0.4, 0.5) is 0 Å². The van der Waals surface area contributed by atoms with E-state index in [9.17, 15) is 4.79 Å². The lowest BCUT2D eigenvalue weighted by Crippen LogP contribution is -2.33. The number of rotatable bonds is 3. The highest BCUT2D eigenvalue weighted by molar-refractivity contribution is 9.10. The second-order valence-corrected chi connectivity index (χ2v) is 6.85. The fraction of sp³-hybridized carbons (Fsp3) is 0.583. The Kier molecular flexibility index (Phi) is 4.56. The van der Waals surface area contributed by atoms with Gasteiger partial charge in [0.25, 0.3) is 5.91 Å². The number of amides is 1. The van der Waals surface area contributed by atoms with Gasteiger partial charge in [0.05, 0.1) is 0 Å². The Morgan fingerprint density at radius 2 is 2.19 bits per heavy atom. The first-order valence-electron chi connectivity index (χ1n) is 5.33. The maximum Gasteiger partial charge on any atom is 0.262 e. The summed E-state index contributed by atoms with van der Waals surface area (Å²) >= 11 is 4.82. The van der Waals surface area contributed by atoms with Gasteiger partial charge in [0.15, 0.2) is 0 Å². The SMILES string of the molecule is CC(CNC(=O)c1sccc1Br)C(C)(C)C. The molecule has 0 spiro atoms. The van der Waals surface area contributed by atoms with Crippen molar-refractivity contribution in [2.45, 2.75) is 27.7 Å². The largest absolute Gasteiger partial charge is 0.351 e. The van der Waals surface area contributed by atoms with Gasteiger partial charge >= 0.3 is 0 Å². The molecule has 0 saturated carbocycles. The molecule has 2 nitrogen and oxygen atoms in total. The molecule has 0 radical (unpaired) electrons. The van der Waals surface area contributed by atoms with Crippen LogP contribution in [0.5, 0.6) is 0 Å². The predicted molar refractivity (Wildman–Crippen MR) is 73.0 cm³/mol. The van der Waals surface area contributed by atoms with E-state index in [1.807, 2.05) is 11.4 Å². The minimum absolute atomic E-state index is 0.0120. The van der Waals surface area contributed by atoms with E-state index in [-0.39, 0.29) is 11.3 Å². The van der Waals surface area contributed by atoms with Gasteiger partial charge in [-0.1, -0.05) is 27.7 Å². The molecule has 1 atom stereocenters. The van der Waals surface area contributed by atoms with Crippen molar-refractivity contribution in [3.05, 3.63) is 20.8 Å². The summed E-state index contributed by atoms with van der Waals surface area (Å²) in [6.07, 6.45) is 0. The summed E-state index contributed by atoms with van der Waals surface area (Å²) in [5, 5.41) is 4.88. The molecule has 1 amide bonds. The number of carbonyl (C=O) groups is 1. The number of thiophene rings is 1. The zero-order valence-corrected chi connectivity index (χ0v) is 12.5. The zero-order valence-electron chi connectivity index (χ0n) is 10.1. The summed E-state index contributed by atoms with van der Waals surface area (Å²) in [6, 6.07) is 1.90. The molecular weight excluding hydrogens is 286 g/mol. The van der Waals surface area contributed by atoms with E-state index in [0.717, 1.165) is 9.35 Å². The second kappa shape index (κ2) is 5.32. The number of halogens is 1. The lowest BCUT2D eigenvalue weighted by molar-refractivity contribution is 0.0940. The summed E-state index contributed by atoms with van der Waals surface area (Å²) in [7, 11) is 0. The first kappa shape index (κ1) is 13.7. The number of nitrogens with one attached hydrogen (secondary N) is 1. The van der Waals surface area contributed by atoms with E-state index in [1.54, 1.807) is 0 Å². The van der Waals surface area contributed by atoms with E-state index in [4.69, 9.17) is 0 Å². The number of hydrogen-bond donors (Lipinski definition) is 1. The van der Waals surface area contributed by atoms with Crippen molar-refractivity contribution in [2.24, 2.45) is 11.3 Å². The Labute approximate surface area is 110 Å². The lowest BCUT2D eigenvalue weighted by Gasteiger charge is -2.27. The molecule has 1 heterocycles. The fourth-order valence-corrected chi connectivity index (χ4v) is 2.56. The van der Waals surface area contributed by atoms with Gasteiger partial charge in [0.2, 0.25) is 0 Å². The molecule has 0 saturated heterocycles. The monoisotopic (exact) mass is 303 g/mol. The Bertz CT molecular complexity index is 367. The van der Waals surface area contributed by atoms with Crippen LogP contribution in [0.15, 0.2) is 15.9 Å². The van der Waals surface area contributed by atoms with Crippen LogP contribution in [0.2, 0.25) is 0 Å². The third-order valence-electron chi connectivity index (χ3n) is 2.87. The molecule has 0 bridgehead atoms. The van der Waals surface area contributed by atoms with Gasteiger partial charge < -0.3 is 5.32 Å². The molecule has 1 aromatic rings. The fourth-order valence-electron chi connectivity index (χ4n) is 1.09. The van der Waals surface area contributed by atoms with Crippen molar-refractivity contribution >= 4 is 33.2 Å². The maximum atomic E-state index is 11.8. The van der Waals surface area contributed by atoms with Gasteiger partial charge in [0.1, 0.15) is 4.88 Å². The molecule has 0 aliphatic heterocycles. The van der Waals surface area contributed by atoms with E-state index >= 15 is 0 Å². The summed E-state index contributed by atoms with van der Waals surface area (Å²) < 4.78 is 0.874. The van der Waals surface area contributed by atoms with E-state index in [1.165, 1.54) is 11.3 Å². The highest BCUT2D eigenvalue weighted by Gasteiger charge is 2.21. The molecule has 1 N–H and O–H groups in total. The summed E-state index contributed by atoms with van der Waals surface area (Å²) in [4.78, 5) is 12.6. The average Bonchev–Trinajstić information content (AvgIpc) is 2.58. The van der Waals surface area contributed by atoms with Crippen molar-refractivity contribution in [1.82, 2.24) is 5.32 Å². The van der Waals surface area contributed by atoms with Crippen LogP contribution in [-0.4, -0.2) is 12.5 Å². The summed E-state index contributed by atoms with van der Waals surface area (Å²) in [6.45, 7) is 9.43. The molecule has 4 heteroatoms. The highest BCUT2D eigenvalue weighted by atomic mass is 79.9. The molecule has 16 heavy (non-hydrogen) atoms. The molecule has 0 aliphatic rings. The van der Waals surface area contributed by atoms with Gasteiger partial charge in [-0.3, -0.25) is 4.79 Å². The van der Waals surface area contributed by atoms with E-state index in [0.29, 0.717) is 12.5 Å². The average molecular weight is 304 g/mol. The molecule has 0 aliphatic carbocycles. The first-order valence-corrected chi connectivity index (χ1v) is 7.01. The predicted octanol–water partition coefficient (Wildman–Crippen LogP) is 3.92. The van der Waals surface area contributed by atoms with Crippen LogP contribution in [0, 0.1) is 11.3 Å². The molecule has 1 aromatic heterocycles. The Hall–Kier alpha value is -0.350. The first-order chi connectivity index (χ1) is 7.32. The third kappa shape index (κ3) is 3.59. The van der Waals surface area contributed by atoms with Crippen molar-refractivity contribution in [3.8, 4) is 0 Å². The van der Waals surface area contributed by atoms with Crippen molar-refractivity contribution in [1.29, 1.82) is 0 Å². The topological polar surface area (TPSA) is 29.1 Å². The van der Waals surface area contributed by atoms with Crippen molar-refractivity contribution in [2.75, 3.05) is 6.54 Å². The third-order valence-corrected chi connectivity index (χ3v) is 4.71. The van der Waals surface area contributed by atoms with Crippen LogP contribution < -0.4 is 5.32 Å². The van der Waals surface area contributed by atoms with Gasteiger partial charge in [-0.25, -0.2) is 0 Å². The van der Waals surface area contributed by atoms with Crippen molar-refractivity contribution < 1.29 is 4.79 Å². The van der Waals surface area contributed by atoms with Crippen LogP contribution in [-0.2, 0) is 0 Å². The minimum atomic E-state index is 0.0120. The van der Waals surface area contributed by atoms with E-state index in [2.05, 4.69) is 48.9 Å². The van der Waals surface area contributed by atoms with E-state index < -0.39 is 0 Å². The Balaban J connectivity index is 2.52. The Morgan fingerprint density at radius 1 is 1.56 bits per heavy atom. The quantitative estimate of drug-likeness (QED) is 0.901. The number of carbonyl (C=O) groups excluding carboxylic acids is 1. The van der Waals surface area contributed by atoms with Crippen molar-refractivity contribution in [3.63, 3.8) is 0 Å². The smallest absolute Gasteiger partial charge is 0.262 e. The molecule has 90 valence electrons. The Morgan fingerprint density at radius 3 is 2.62 bits per heavy atom. The molecule has 0 aromatic carbocycles. The molecule has 1 unspecified atom stereocenters. The maximum absolute atomic E-state index is 11.8. The highest BCUT2D eigenvalue weighted by Crippen LogP contribution is 2.25. The molecular formula is C12H18BrNOS. The lowest BCUT2D eigenvalue weighted by atomic mass is 9.82. The summed E-state index contributed by atoms with van der Waals surface area (Å²) in [5.41, 5.74) is 0.222. The van der Waals surface area contributed by atoms with Crippen LogP contribution in [0.3, 0.4) is 0 Å². The molecule has 0 fully saturated rings. The van der Waals surface area contributed by atoms with Gasteiger partial charge in [-0.15, -0.1) is 11.3 Å². The van der Waals surface area contributed by atoms with Crippen LogP contribution >= 0.6 is 27.3 Å². The zero-order chi connectivity index (χ0) is 12.3. The standard InChI is InChI=1S/C12H18BrNOS/c1-8(12(2,3)4)7-14-11(15)10-9(13)5-6-16-10/h5-6,8H,7H2,1-4H3,(H,14,15). The number of hydrogen-bond acceptors (Lipinski definition) is 2. The normalized spacial score (nSPS) is 13.6. The second-order valence-electron chi connectivity index (χ2n) is 5.07. The van der Waals surface area contributed by atoms with Gasteiger partial charge in [0, 0.05) is 11.0 Å². The van der Waals surface area contributed by atoms with Gasteiger partial charge in [-0.2, -0.15) is 0 Å². The summed E-state index contributed by atoms with van der Waals surface area (Å²) in [5.74, 6) is 0.466. The minimum Gasteiger partial charge on any atom is -0.351 e.